The molecule has 0 aliphatic carbocycles. The third kappa shape index (κ3) is 2.67. The number of hydrogen-bond donors (Lipinski definition) is 1. The number of aromatic nitrogens is 2. The van der Waals surface area contributed by atoms with Crippen LogP contribution in [0.5, 0.6) is 0 Å². The number of nitrogens with zero attached hydrogens (tertiary/aromatic N) is 2. The van der Waals surface area contributed by atoms with Crippen molar-refractivity contribution in [3.63, 3.8) is 0 Å². The number of aryl methyl sites for hydroxylation is 1. The summed E-state index contributed by atoms with van der Waals surface area (Å²) in [6.45, 7) is 1.71. The molecule has 0 aliphatic heterocycles. The molecule has 2 aromatic rings. The second kappa shape index (κ2) is 4.89. The Kier molecular flexibility index (Phi) is 3.49. The molecular formula is C10H7BrFN3OS. The molecule has 1 heterocycles. The van der Waals surface area contributed by atoms with E-state index in [1.165, 1.54) is 18.2 Å². The van der Waals surface area contributed by atoms with Gasteiger partial charge in [-0.05, 0) is 52.6 Å². The fraction of sp³-hybridized carbons (Fsp3) is 0.100. The predicted molar refractivity (Wildman–Crippen MR) is 66.7 cm³/mol. The van der Waals surface area contributed by atoms with Gasteiger partial charge in [0.15, 0.2) is 0 Å². The van der Waals surface area contributed by atoms with Crippen LogP contribution in [-0.4, -0.2) is 15.5 Å². The molecule has 4 nitrogen and oxygen atoms in total. The topological polar surface area (TPSA) is 54.9 Å². The van der Waals surface area contributed by atoms with Gasteiger partial charge in [-0.25, -0.2) is 4.39 Å². The molecule has 1 aromatic carbocycles. The summed E-state index contributed by atoms with van der Waals surface area (Å²) < 4.78 is 17.0. The lowest BCUT2D eigenvalue weighted by Crippen LogP contribution is -2.11. The largest absolute Gasteiger partial charge is 0.321 e. The van der Waals surface area contributed by atoms with Crippen LogP contribution in [0.1, 0.15) is 15.4 Å². The van der Waals surface area contributed by atoms with Crippen molar-refractivity contribution in [2.24, 2.45) is 0 Å². The summed E-state index contributed by atoms with van der Waals surface area (Å²) in [6.07, 6.45) is 0. The van der Waals surface area contributed by atoms with Crippen LogP contribution in [0.25, 0.3) is 0 Å². The average Bonchev–Trinajstić information content (AvgIpc) is 2.70. The highest BCUT2D eigenvalue weighted by Gasteiger charge is 2.13. The Hall–Kier alpha value is -1.34. The van der Waals surface area contributed by atoms with E-state index < -0.39 is 0 Å². The van der Waals surface area contributed by atoms with E-state index in [0.717, 1.165) is 11.5 Å². The van der Waals surface area contributed by atoms with E-state index in [1.54, 1.807) is 6.92 Å². The van der Waals surface area contributed by atoms with Crippen LogP contribution in [0.3, 0.4) is 0 Å². The van der Waals surface area contributed by atoms with Gasteiger partial charge < -0.3 is 5.32 Å². The zero-order valence-corrected chi connectivity index (χ0v) is 11.1. The van der Waals surface area contributed by atoms with Crippen LogP contribution >= 0.6 is 27.5 Å². The molecule has 7 heteroatoms. The fourth-order valence-corrected chi connectivity index (χ4v) is 2.13. The Labute approximate surface area is 109 Å². The molecule has 0 saturated carbocycles. The molecule has 0 fully saturated rings. The molecule has 0 saturated heterocycles. The Morgan fingerprint density at radius 1 is 1.53 bits per heavy atom. The van der Waals surface area contributed by atoms with Gasteiger partial charge in [-0.3, -0.25) is 4.79 Å². The van der Waals surface area contributed by atoms with E-state index in [1.807, 2.05) is 0 Å². The third-order valence-corrected chi connectivity index (χ3v) is 3.47. The molecule has 0 spiro atoms. The zero-order valence-electron chi connectivity index (χ0n) is 8.70. The minimum Gasteiger partial charge on any atom is -0.321 e. The van der Waals surface area contributed by atoms with E-state index in [2.05, 4.69) is 30.8 Å². The molecular weight excluding hydrogens is 309 g/mol. The highest BCUT2D eigenvalue weighted by Crippen LogP contribution is 2.21. The third-order valence-electron chi connectivity index (χ3n) is 2.04. The van der Waals surface area contributed by atoms with Crippen molar-refractivity contribution in [2.45, 2.75) is 6.92 Å². The van der Waals surface area contributed by atoms with Gasteiger partial charge in [0.25, 0.3) is 5.91 Å². The van der Waals surface area contributed by atoms with Crippen LogP contribution in [-0.2, 0) is 0 Å². The van der Waals surface area contributed by atoms with Gasteiger partial charge in [-0.2, -0.15) is 0 Å². The number of halogens is 2. The lowest BCUT2D eigenvalue weighted by atomic mass is 10.3. The highest BCUT2D eigenvalue weighted by molar-refractivity contribution is 9.10. The molecule has 2 rings (SSSR count). The van der Waals surface area contributed by atoms with Gasteiger partial charge in [0.05, 0.1) is 10.2 Å². The second-order valence-corrected chi connectivity index (χ2v) is 4.88. The molecule has 0 radical (unpaired) electrons. The van der Waals surface area contributed by atoms with E-state index in [0.29, 0.717) is 20.7 Å². The molecule has 1 amide bonds. The lowest BCUT2D eigenvalue weighted by Gasteiger charge is -2.04. The minimum absolute atomic E-state index is 0.295. The van der Waals surface area contributed by atoms with Crippen LogP contribution in [0.4, 0.5) is 10.1 Å². The first kappa shape index (κ1) is 12.1. The van der Waals surface area contributed by atoms with E-state index in [-0.39, 0.29) is 11.7 Å². The van der Waals surface area contributed by atoms with Crippen LogP contribution in [0, 0.1) is 12.7 Å². The van der Waals surface area contributed by atoms with Crippen molar-refractivity contribution < 1.29 is 9.18 Å². The molecule has 1 aromatic heterocycles. The van der Waals surface area contributed by atoms with Crippen molar-refractivity contribution in [2.75, 3.05) is 5.32 Å². The monoisotopic (exact) mass is 315 g/mol. The number of nitrogens with one attached hydrogen (secondary N) is 1. The van der Waals surface area contributed by atoms with E-state index in [4.69, 9.17) is 0 Å². The molecule has 0 atom stereocenters. The number of benzene rings is 1. The number of rotatable bonds is 2. The van der Waals surface area contributed by atoms with Crippen molar-refractivity contribution in [1.82, 2.24) is 9.59 Å². The number of carbonyl (C=O) groups excluding carboxylic acids is 1. The van der Waals surface area contributed by atoms with Crippen LogP contribution in [0.2, 0.25) is 0 Å². The van der Waals surface area contributed by atoms with Crippen molar-refractivity contribution in [1.29, 1.82) is 0 Å². The smallest absolute Gasteiger partial charge is 0.269 e. The first-order chi connectivity index (χ1) is 8.08. The fourth-order valence-electron chi connectivity index (χ4n) is 1.20. The maximum atomic E-state index is 13.0. The van der Waals surface area contributed by atoms with Crippen LogP contribution < -0.4 is 5.32 Å². The van der Waals surface area contributed by atoms with Gasteiger partial charge >= 0.3 is 0 Å². The average molecular weight is 316 g/mol. The summed E-state index contributed by atoms with van der Waals surface area (Å²) in [5, 5.41) is 6.40. The molecule has 0 unspecified atom stereocenters. The Bertz CT molecular complexity index is 572. The summed E-state index contributed by atoms with van der Waals surface area (Å²) in [4.78, 5) is 12.3. The van der Waals surface area contributed by atoms with Crippen molar-refractivity contribution >= 4 is 39.1 Å². The highest BCUT2D eigenvalue weighted by atomic mass is 79.9. The zero-order chi connectivity index (χ0) is 12.4. The summed E-state index contributed by atoms with van der Waals surface area (Å²) in [5.41, 5.74) is 1.09. The Morgan fingerprint density at radius 3 is 2.88 bits per heavy atom. The number of amides is 1. The second-order valence-electron chi connectivity index (χ2n) is 3.27. The molecule has 88 valence electrons. The van der Waals surface area contributed by atoms with Crippen LogP contribution in [0.15, 0.2) is 22.7 Å². The van der Waals surface area contributed by atoms with Gasteiger partial charge in [0.2, 0.25) is 0 Å². The van der Waals surface area contributed by atoms with E-state index >= 15 is 0 Å². The van der Waals surface area contributed by atoms with Gasteiger partial charge in [0.1, 0.15) is 10.7 Å². The summed E-state index contributed by atoms with van der Waals surface area (Å²) in [7, 11) is 0. The van der Waals surface area contributed by atoms with Gasteiger partial charge in [-0.1, -0.05) is 4.49 Å². The molecule has 0 bridgehead atoms. The normalized spacial score (nSPS) is 10.3. The quantitative estimate of drug-likeness (QED) is 0.926. The summed E-state index contributed by atoms with van der Waals surface area (Å²) >= 11 is 4.08. The van der Waals surface area contributed by atoms with E-state index in [9.17, 15) is 9.18 Å². The van der Waals surface area contributed by atoms with Crippen molar-refractivity contribution in [3.05, 3.63) is 39.1 Å². The summed E-state index contributed by atoms with van der Waals surface area (Å²) in [6, 6.07) is 4.26. The van der Waals surface area contributed by atoms with Gasteiger partial charge in [-0.15, -0.1) is 5.10 Å². The maximum absolute atomic E-state index is 13.0. The standard InChI is InChI=1S/C10H7BrFN3OS/c1-5-9(17-15-14-5)10(16)13-6-2-3-8(12)7(11)4-6/h2-4H,1H3,(H,13,16). The number of anilines is 1. The molecule has 0 aliphatic rings. The van der Waals surface area contributed by atoms with Gasteiger partial charge in [0, 0.05) is 5.69 Å². The first-order valence-electron chi connectivity index (χ1n) is 4.63. The lowest BCUT2D eigenvalue weighted by molar-refractivity contribution is 0.103. The number of carbonyl (C=O) groups is 1. The van der Waals surface area contributed by atoms with Crippen molar-refractivity contribution in [3.8, 4) is 0 Å². The predicted octanol–water partition coefficient (Wildman–Crippen LogP) is 3.00. The molecule has 17 heavy (non-hydrogen) atoms. The minimum atomic E-state index is -0.376. The Balaban J connectivity index is 2.19. The summed E-state index contributed by atoms with van der Waals surface area (Å²) in [5.74, 6) is -0.672. The number of hydrogen-bond acceptors (Lipinski definition) is 4. The first-order valence-corrected chi connectivity index (χ1v) is 6.20. The Morgan fingerprint density at radius 2 is 2.29 bits per heavy atom. The molecule has 1 N–H and O–H groups in total. The SMILES string of the molecule is Cc1nnsc1C(=O)Nc1ccc(F)c(Br)c1. The maximum Gasteiger partial charge on any atom is 0.269 e.